The monoisotopic (exact) mass is 449 g/mol. The van der Waals surface area contributed by atoms with Crippen LogP contribution >= 0.6 is 11.8 Å². The van der Waals surface area contributed by atoms with E-state index in [2.05, 4.69) is 31.0 Å². The van der Waals surface area contributed by atoms with Crippen LogP contribution in [0.5, 0.6) is 0 Å². The molecule has 1 saturated heterocycles. The molecule has 3 heterocycles. The molecule has 1 aliphatic carbocycles. The van der Waals surface area contributed by atoms with Crippen LogP contribution < -0.4 is 16.0 Å². The maximum Gasteiger partial charge on any atom is 0.254 e. The molecule has 11 heteroatoms. The third-order valence-corrected chi connectivity index (χ3v) is 6.01. The average molecular weight is 449 g/mol. The normalized spacial score (nSPS) is 17.1. The van der Waals surface area contributed by atoms with Crippen LogP contribution in [0.2, 0.25) is 0 Å². The van der Waals surface area contributed by atoms with Gasteiger partial charge in [0.1, 0.15) is 0 Å². The highest BCUT2D eigenvalue weighted by Gasteiger charge is 2.26. The molecular weight excluding hydrogens is 430 g/mol. The van der Waals surface area contributed by atoms with E-state index in [4.69, 9.17) is 0 Å². The Kier molecular flexibility index (Phi) is 5.10. The fourth-order valence-corrected chi connectivity index (χ4v) is 4.19. The number of aromatic nitrogens is 4. The smallest absolute Gasteiger partial charge is 0.254 e. The van der Waals surface area contributed by atoms with Crippen LogP contribution in [0.3, 0.4) is 0 Å². The average Bonchev–Trinajstić information content (AvgIpc) is 3.42. The van der Waals surface area contributed by atoms with E-state index in [0.717, 1.165) is 12.8 Å². The van der Waals surface area contributed by atoms with E-state index in [9.17, 15) is 14.4 Å². The quantitative estimate of drug-likeness (QED) is 0.382. The molecule has 0 spiro atoms. The first-order chi connectivity index (χ1) is 15.5. The Bertz CT molecular complexity index is 1300. The van der Waals surface area contributed by atoms with Crippen LogP contribution in [0.15, 0.2) is 46.1 Å². The Labute approximate surface area is 186 Å². The van der Waals surface area contributed by atoms with Gasteiger partial charge in [0.05, 0.1) is 18.2 Å². The predicted octanol–water partition coefficient (Wildman–Crippen LogP) is 1.64. The minimum absolute atomic E-state index is 0.0234. The second kappa shape index (κ2) is 8.08. The molecule has 3 amide bonds. The van der Waals surface area contributed by atoms with Gasteiger partial charge in [0.2, 0.25) is 11.9 Å². The van der Waals surface area contributed by atoms with Crippen LogP contribution in [-0.2, 0) is 9.59 Å². The lowest BCUT2D eigenvalue weighted by molar-refractivity contribution is -0.124. The topological polar surface area (TPSA) is 130 Å². The van der Waals surface area contributed by atoms with E-state index in [-0.39, 0.29) is 18.2 Å². The molecule has 0 bridgehead atoms. The number of anilines is 1. The van der Waals surface area contributed by atoms with Gasteiger partial charge in [-0.2, -0.15) is 14.6 Å². The van der Waals surface area contributed by atoms with Crippen LogP contribution in [-0.4, -0.2) is 50.4 Å². The van der Waals surface area contributed by atoms with Crippen molar-refractivity contribution in [3.63, 3.8) is 0 Å². The standard InChI is InChI=1S/C21H19N7O3S/c1-22-19(31)14-4-2-3-5-15(14)32-21-26-17-12(8-11-9-16(29)25-18(11)30)10-23-28(17)20(27-21)24-13-6-7-13/h2-5,8,10,13H,6-7,9H2,1H3,(H,22,31)(H,24,26,27)(H,25,29,30)/b11-8+. The van der Waals surface area contributed by atoms with Crippen LogP contribution in [0.4, 0.5) is 5.95 Å². The predicted molar refractivity (Wildman–Crippen MR) is 117 cm³/mol. The molecule has 3 N–H and O–H groups in total. The van der Waals surface area contributed by atoms with Gasteiger partial charge in [-0.15, -0.1) is 0 Å². The lowest BCUT2D eigenvalue weighted by Gasteiger charge is -2.10. The third-order valence-electron chi connectivity index (χ3n) is 5.07. The summed E-state index contributed by atoms with van der Waals surface area (Å²) in [6.07, 6.45) is 5.35. The molecular formula is C21H19N7O3S. The number of fused-ring (bicyclic) bond motifs is 1. The number of nitrogens with one attached hydrogen (secondary N) is 3. The van der Waals surface area contributed by atoms with E-state index in [1.54, 1.807) is 36.0 Å². The van der Waals surface area contributed by atoms with Crippen molar-refractivity contribution < 1.29 is 14.4 Å². The van der Waals surface area contributed by atoms with Crippen molar-refractivity contribution in [2.24, 2.45) is 0 Å². The summed E-state index contributed by atoms with van der Waals surface area (Å²) in [7, 11) is 1.58. The Balaban J connectivity index is 1.58. The largest absolute Gasteiger partial charge is 0.355 e. The first-order valence-electron chi connectivity index (χ1n) is 10.1. The summed E-state index contributed by atoms with van der Waals surface area (Å²) in [5.74, 6) is -0.398. The van der Waals surface area contributed by atoms with Gasteiger partial charge in [-0.25, -0.2) is 4.98 Å². The number of carbonyl (C=O) groups is 3. The molecule has 0 unspecified atom stereocenters. The molecule has 3 aromatic rings. The van der Waals surface area contributed by atoms with E-state index in [1.807, 2.05) is 12.1 Å². The summed E-state index contributed by atoms with van der Waals surface area (Å²) in [6, 6.07) is 7.56. The third kappa shape index (κ3) is 3.94. The Morgan fingerprint density at radius 2 is 2.06 bits per heavy atom. The van der Waals surface area contributed by atoms with Gasteiger partial charge < -0.3 is 10.6 Å². The molecule has 10 nitrogen and oxygen atoms in total. The van der Waals surface area contributed by atoms with Crippen molar-refractivity contribution in [1.82, 2.24) is 30.2 Å². The number of nitrogens with zero attached hydrogens (tertiary/aromatic N) is 4. The first kappa shape index (κ1) is 20.2. The van der Waals surface area contributed by atoms with Gasteiger partial charge in [0.15, 0.2) is 10.8 Å². The number of hydrogen-bond donors (Lipinski definition) is 3. The van der Waals surface area contributed by atoms with Crippen LogP contribution in [0, 0.1) is 0 Å². The van der Waals surface area contributed by atoms with Crippen LogP contribution in [0.1, 0.15) is 35.2 Å². The maximum atomic E-state index is 12.3. The van der Waals surface area contributed by atoms with Gasteiger partial charge in [-0.3, -0.25) is 19.7 Å². The van der Waals surface area contributed by atoms with E-state index in [1.165, 1.54) is 11.8 Å². The zero-order valence-electron chi connectivity index (χ0n) is 17.1. The number of imide groups is 1. The highest BCUT2D eigenvalue weighted by Crippen LogP contribution is 2.31. The lowest BCUT2D eigenvalue weighted by atomic mass is 10.1. The summed E-state index contributed by atoms with van der Waals surface area (Å²) >= 11 is 1.27. The molecule has 0 atom stereocenters. The molecule has 1 saturated carbocycles. The summed E-state index contributed by atoms with van der Waals surface area (Å²) in [5.41, 5.74) is 1.99. The first-order valence-corrected chi connectivity index (χ1v) is 10.9. The van der Waals surface area contributed by atoms with Crippen molar-refractivity contribution >= 4 is 47.2 Å². The van der Waals surface area contributed by atoms with Gasteiger partial charge in [-0.1, -0.05) is 12.1 Å². The molecule has 2 fully saturated rings. The van der Waals surface area contributed by atoms with Crippen molar-refractivity contribution in [2.45, 2.75) is 35.4 Å². The molecule has 32 heavy (non-hydrogen) atoms. The fraction of sp³-hybridized carbons (Fsp3) is 0.238. The van der Waals surface area contributed by atoms with E-state index < -0.39 is 5.91 Å². The van der Waals surface area contributed by atoms with Gasteiger partial charge in [0.25, 0.3) is 11.8 Å². The van der Waals surface area contributed by atoms with Crippen molar-refractivity contribution in [1.29, 1.82) is 0 Å². The van der Waals surface area contributed by atoms with Crippen molar-refractivity contribution in [3.05, 3.63) is 47.2 Å². The minimum Gasteiger partial charge on any atom is -0.355 e. The molecule has 2 aromatic heterocycles. The summed E-state index contributed by atoms with van der Waals surface area (Å²) in [4.78, 5) is 45.8. The van der Waals surface area contributed by atoms with E-state index in [0.29, 0.717) is 44.4 Å². The molecule has 2 aliphatic rings. The number of carbonyl (C=O) groups excluding carboxylic acids is 3. The van der Waals surface area contributed by atoms with Gasteiger partial charge in [0, 0.05) is 29.1 Å². The number of amides is 3. The molecule has 1 aliphatic heterocycles. The van der Waals surface area contributed by atoms with Crippen molar-refractivity contribution in [3.8, 4) is 0 Å². The highest BCUT2D eigenvalue weighted by molar-refractivity contribution is 7.99. The summed E-state index contributed by atoms with van der Waals surface area (Å²) in [5, 5.41) is 13.1. The summed E-state index contributed by atoms with van der Waals surface area (Å²) in [6.45, 7) is 0. The van der Waals surface area contributed by atoms with Gasteiger partial charge in [-0.05, 0) is 42.8 Å². The maximum absolute atomic E-state index is 12.3. The van der Waals surface area contributed by atoms with E-state index >= 15 is 0 Å². The highest BCUT2D eigenvalue weighted by atomic mass is 32.2. The SMILES string of the molecule is CNC(=O)c1ccccc1Sc1nc(NC2CC2)n2ncc(/C=C3\CC(=O)NC3=O)c2n1. The number of benzene rings is 1. The zero-order valence-corrected chi connectivity index (χ0v) is 17.9. The molecule has 0 radical (unpaired) electrons. The Morgan fingerprint density at radius 3 is 2.78 bits per heavy atom. The molecule has 5 rings (SSSR count). The lowest BCUT2D eigenvalue weighted by Crippen LogP contribution is -2.19. The number of rotatable bonds is 6. The second-order valence-corrected chi connectivity index (χ2v) is 8.49. The number of hydrogen-bond acceptors (Lipinski definition) is 8. The summed E-state index contributed by atoms with van der Waals surface area (Å²) < 4.78 is 1.59. The Hall–Kier alpha value is -3.73. The fourth-order valence-electron chi connectivity index (χ4n) is 3.31. The molecule has 162 valence electrons. The van der Waals surface area contributed by atoms with Crippen molar-refractivity contribution in [2.75, 3.05) is 12.4 Å². The zero-order chi connectivity index (χ0) is 22.2. The second-order valence-electron chi connectivity index (χ2n) is 7.48. The van der Waals surface area contributed by atoms with Gasteiger partial charge >= 0.3 is 0 Å². The minimum atomic E-state index is -0.408. The van der Waals surface area contributed by atoms with Crippen LogP contribution in [0.25, 0.3) is 11.7 Å². The Morgan fingerprint density at radius 1 is 1.25 bits per heavy atom. The molecule has 1 aromatic carbocycles.